The van der Waals surface area contributed by atoms with Crippen LogP contribution in [0.1, 0.15) is 16.8 Å². The zero-order valence-corrected chi connectivity index (χ0v) is 11.6. The lowest BCUT2D eigenvalue weighted by atomic mass is 10.1. The highest BCUT2D eigenvalue weighted by Gasteiger charge is 2.10. The Kier molecular flexibility index (Phi) is 4.20. The van der Waals surface area contributed by atoms with E-state index in [1.807, 2.05) is 31.3 Å². The van der Waals surface area contributed by atoms with Crippen LogP contribution in [-0.2, 0) is 6.54 Å². The molecule has 1 aromatic carbocycles. The van der Waals surface area contributed by atoms with Crippen molar-refractivity contribution in [1.29, 1.82) is 0 Å². The van der Waals surface area contributed by atoms with E-state index in [1.165, 1.54) is 5.56 Å². The zero-order valence-electron chi connectivity index (χ0n) is 11.6. The zero-order chi connectivity index (χ0) is 14.5. The third-order valence-corrected chi connectivity index (χ3v) is 3.09. The summed E-state index contributed by atoms with van der Waals surface area (Å²) in [5.74, 6) is 0.0262. The van der Waals surface area contributed by atoms with Crippen LogP contribution in [0.5, 0.6) is 0 Å². The molecule has 0 spiro atoms. The van der Waals surface area contributed by atoms with E-state index >= 15 is 0 Å². The Morgan fingerprint density at radius 3 is 2.85 bits per heavy atom. The van der Waals surface area contributed by atoms with Crippen LogP contribution >= 0.6 is 0 Å². The van der Waals surface area contributed by atoms with Crippen molar-refractivity contribution in [2.45, 2.75) is 13.5 Å². The molecule has 0 fully saturated rings. The molecular formula is C15H18N4O. The first-order valence-electron chi connectivity index (χ1n) is 6.31. The van der Waals surface area contributed by atoms with Gasteiger partial charge in [0.05, 0.1) is 0 Å². The fourth-order valence-corrected chi connectivity index (χ4v) is 2.06. The topological polar surface area (TPSA) is 74.7 Å². The number of hydrogen-bond donors (Lipinski definition) is 2. The number of rotatable bonds is 4. The average Bonchev–Trinajstić information content (AvgIpc) is 2.47. The molecule has 0 unspecified atom stereocenters. The first-order chi connectivity index (χ1) is 9.61. The molecule has 0 aliphatic carbocycles. The van der Waals surface area contributed by atoms with Crippen LogP contribution in [0.25, 0.3) is 0 Å². The van der Waals surface area contributed by atoms with Crippen LogP contribution < -0.4 is 10.6 Å². The van der Waals surface area contributed by atoms with Gasteiger partial charge in [0.15, 0.2) is 5.84 Å². The molecule has 5 nitrogen and oxygen atoms in total. The van der Waals surface area contributed by atoms with Gasteiger partial charge in [-0.05, 0) is 30.7 Å². The summed E-state index contributed by atoms with van der Waals surface area (Å²) in [6.07, 6.45) is 1.63. The van der Waals surface area contributed by atoms with Crippen LogP contribution in [0.4, 0.5) is 5.69 Å². The molecule has 0 aliphatic rings. The van der Waals surface area contributed by atoms with Crippen molar-refractivity contribution in [1.82, 2.24) is 4.98 Å². The number of benzene rings is 1. The van der Waals surface area contributed by atoms with Gasteiger partial charge in [0, 0.05) is 31.0 Å². The number of nitrogens with zero attached hydrogens (tertiary/aromatic N) is 3. The number of pyridine rings is 1. The minimum Gasteiger partial charge on any atom is -0.409 e. The summed E-state index contributed by atoms with van der Waals surface area (Å²) in [6.45, 7) is 2.69. The molecular weight excluding hydrogens is 252 g/mol. The van der Waals surface area contributed by atoms with E-state index in [0.717, 1.165) is 11.3 Å². The van der Waals surface area contributed by atoms with Gasteiger partial charge < -0.3 is 15.8 Å². The van der Waals surface area contributed by atoms with Crippen LogP contribution in [0.2, 0.25) is 0 Å². The fourth-order valence-electron chi connectivity index (χ4n) is 2.06. The van der Waals surface area contributed by atoms with Crippen LogP contribution in [0, 0.1) is 6.92 Å². The summed E-state index contributed by atoms with van der Waals surface area (Å²) in [6, 6.07) is 12.0. The quantitative estimate of drug-likeness (QED) is 0.386. The van der Waals surface area contributed by atoms with Crippen molar-refractivity contribution in [2.24, 2.45) is 10.9 Å². The van der Waals surface area contributed by atoms with E-state index in [-0.39, 0.29) is 5.84 Å². The third kappa shape index (κ3) is 3.06. The number of amidine groups is 1. The van der Waals surface area contributed by atoms with Crippen molar-refractivity contribution in [3.63, 3.8) is 0 Å². The molecule has 104 valence electrons. The van der Waals surface area contributed by atoms with Gasteiger partial charge in [0.25, 0.3) is 0 Å². The minimum absolute atomic E-state index is 0.0262. The standard InChI is InChI=1S/C15H18N4O/c1-11-5-3-7-13(9-11)19(2)10-12-6-4-8-17-14(12)15(16)18-20/h3-9,20H,10H2,1-2H3,(H2,16,18). The Bertz CT molecular complexity index is 625. The second-order valence-electron chi connectivity index (χ2n) is 4.69. The van der Waals surface area contributed by atoms with E-state index in [4.69, 9.17) is 10.9 Å². The lowest BCUT2D eigenvalue weighted by Crippen LogP contribution is -2.22. The van der Waals surface area contributed by atoms with Crippen molar-refractivity contribution >= 4 is 11.5 Å². The monoisotopic (exact) mass is 270 g/mol. The molecule has 5 heteroatoms. The average molecular weight is 270 g/mol. The van der Waals surface area contributed by atoms with Crippen molar-refractivity contribution in [3.05, 3.63) is 59.4 Å². The number of hydrogen-bond acceptors (Lipinski definition) is 4. The van der Waals surface area contributed by atoms with Crippen molar-refractivity contribution < 1.29 is 5.21 Å². The summed E-state index contributed by atoms with van der Waals surface area (Å²) in [7, 11) is 2.00. The van der Waals surface area contributed by atoms with Gasteiger partial charge in [-0.1, -0.05) is 23.4 Å². The van der Waals surface area contributed by atoms with Gasteiger partial charge in [-0.3, -0.25) is 4.98 Å². The van der Waals surface area contributed by atoms with Gasteiger partial charge in [-0.15, -0.1) is 0 Å². The molecule has 0 radical (unpaired) electrons. The first-order valence-corrected chi connectivity index (χ1v) is 6.31. The summed E-state index contributed by atoms with van der Waals surface area (Å²) in [4.78, 5) is 6.27. The van der Waals surface area contributed by atoms with E-state index in [1.54, 1.807) is 6.20 Å². The van der Waals surface area contributed by atoms with Crippen molar-refractivity contribution in [2.75, 3.05) is 11.9 Å². The first kappa shape index (κ1) is 13.9. The summed E-state index contributed by atoms with van der Waals surface area (Å²) >= 11 is 0. The second kappa shape index (κ2) is 6.06. The number of aryl methyl sites for hydroxylation is 1. The number of aromatic nitrogens is 1. The van der Waals surface area contributed by atoms with Gasteiger partial charge in [0.2, 0.25) is 0 Å². The largest absolute Gasteiger partial charge is 0.409 e. The molecule has 2 aromatic rings. The van der Waals surface area contributed by atoms with Gasteiger partial charge in [-0.25, -0.2) is 0 Å². The SMILES string of the molecule is Cc1cccc(N(C)Cc2cccnc2C(N)=NO)c1. The molecule has 0 amide bonds. The highest BCUT2D eigenvalue weighted by atomic mass is 16.4. The highest BCUT2D eigenvalue weighted by molar-refractivity contribution is 5.96. The van der Waals surface area contributed by atoms with Crippen LogP contribution in [0.15, 0.2) is 47.8 Å². The molecule has 1 aromatic heterocycles. The smallest absolute Gasteiger partial charge is 0.189 e. The Morgan fingerprint density at radius 2 is 2.15 bits per heavy atom. The maximum atomic E-state index is 8.81. The van der Waals surface area contributed by atoms with E-state index in [0.29, 0.717) is 12.2 Å². The molecule has 0 bridgehead atoms. The van der Waals surface area contributed by atoms with E-state index in [9.17, 15) is 0 Å². The van der Waals surface area contributed by atoms with E-state index in [2.05, 4.69) is 34.1 Å². The third-order valence-electron chi connectivity index (χ3n) is 3.09. The molecule has 0 atom stereocenters. The van der Waals surface area contributed by atoms with Crippen LogP contribution in [-0.4, -0.2) is 23.1 Å². The minimum atomic E-state index is 0.0262. The molecule has 0 aliphatic heterocycles. The highest BCUT2D eigenvalue weighted by Crippen LogP contribution is 2.17. The lowest BCUT2D eigenvalue weighted by molar-refractivity contribution is 0.318. The fraction of sp³-hybridized carbons (Fsp3) is 0.200. The molecule has 3 N–H and O–H groups in total. The molecule has 0 saturated heterocycles. The van der Waals surface area contributed by atoms with Crippen LogP contribution in [0.3, 0.4) is 0 Å². The Hall–Kier alpha value is -2.56. The Labute approximate surface area is 118 Å². The summed E-state index contributed by atoms with van der Waals surface area (Å²) in [5, 5.41) is 11.8. The predicted molar refractivity (Wildman–Crippen MR) is 80.0 cm³/mol. The lowest BCUT2D eigenvalue weighted by Gasteiger charge is -2.21. The number of anilines is 1. The van der Waals surface area contributed by atoms with Gasteiger partial charge in [-0.2, -0.15) is 0 Å². The Morgan fingerprint density at radius 1 is 1.35 bits per heavy atom. The summed E-state index contributed by atoms with van der Waals surface area (Å²) in [5.41, 5.74) is 9.39. The van der Waals surface area contributed by atoms with Gasteiger partial charge in [0.1, 0.15) is 5.69 Å². The number of nitrogens with two attached hydrogens (primary N) is 1. The Balaban J connectivity index is 2.26. The second-order valence-corrected chi connectivity index (χ2v) is 4.69. The summed E-state index contributed by atoms with van der Waals surface area (Å²) < 4.78 is 0. The predicted octanol–water partition coefficient (Wildman–Crippen LogP) is 2.12. The van der Waals surface area contributed by atoms with Crippen molar-refractivity contribution in [3.8, 4) is 0 Å². The van der Waals surface area contributed by atoms with Gasteiger partial charge >= 0.3 is 0 Å². The normalized spacial score (nSPS) is 11.4. The number of oxime groups is 1. The maximum absolute atomic E-state index is 8.81. The molecule has 1 heterocycles. The molecule has 0 saturated carbocycles. The molecule has 2 rings (SSSR count). The molecule has 20 heavy (non-hydrogen) atoms. The van der Waals surface area contributed by atoms with E-state index < -0.39 is 0 Å². The maximum Gasteiger partial charge on any atom is 0.189 e.